The Morgan fingerprint density at radius 2 is 2.35 bits per heavy atom. The fourth-order valence-electron chi connectivity index (χ4n) is 2.68. The summed E-state index contributed by atoms with van der Waals surface area (Å²) < 4.78 is 32.6. The minimum Gasteiger partial charge on any atom is -0.377 e. The van der Waals surface area contributed by atoms with Crippen molar-refractivity contribution in [3.05, 3.63) is 28.1 Å². The van der Waals surface area contributed by atoms with E-state index in [9.17, 15) is 8.42 Å². The van der Waals surface area contributed by atoms with E-state index >= 15 is 0 Å². The van der Waals surface area contributed by atoms with E-state index in [4.69, 9.17) is 16.3 Å². The number of nitrogens with one attached hydrogen (secondary N) is 1. The van der Waals surface area contributed by atoms with Gasteiger partial charge >= 0.3 is 0 Å². The molecule has 1 atom stereocenters. The summed E-state index contributed by atoms with van der Waals surface area (Å²) in [6.45, 7) is 0.749. The third-order valence-electron chi connectivity index (χ3n) is 3.71. The number of nitrogens with zero attached hydrogens (tertiary/aromatic N) is 3. The van der Waals surface area contributed by atoms with E-state index in [2.05, 4.69) is 15.2 Å². The zero-order valence-electron chi connectivity index (χ0n) is 12.5. The highest BCUT2D eigenvalue weighted by Gasteiger charge is 2.38. The maximum absolute atomic E-state index is 12.9. The molecule has 1 aliphatic rings. The maximum Gasteiger partial charge on any atom is 0.254 e. The van der Waals surface area contributed by atoms with E-state index in [0.29, 0.717) is 31.2 Å². The largest absolute Gasteiger partial charge is 0.377 e. The number of hydrogen-bond donors (Lipinski definition) is 1. The van der Waals surface area contributed by atoms with Gasteiger partial charge in [-0.3, -0.25) is 5.10 Å². The number of methoxy groups -OCH3 is 1. The molecule has 0 aromatic carbocycles. The summed E-state index contributed by atoms with van der Waals surface area (Å²) in [7, 11) is -2.09. The lowest BCUT2D eigenvalue weighted by atomic mass is 10.0. The first-order chi connectivity index (χ1) is 11.0. The minimum atomic E-state index is -3.65. The summed E-state index contributed by atoms with van der Waals surface area (Å²) in [5.74, 6) is 1.06. The molecule has 1 aliphatic heterocycles. The molecular formula is C13H17ClN4O3S2. The molecule has 1 unspecified atom stereocenters. The molecule has 0 aliphatic carbocycles. The SMILES string of the molecule is COCc1nc(C2CCCCN2S(=O)(=O)c2sccc2Cl)n[nH]1. The number of hydrogen-bond acceptors (Lipinski definition) is 6. The molecule has 0 saturated carbocycles. The molecule has 7 nitrogen and oxygen atoms in total. The van der Waals surface area contributed by atoms with Crippen molar-refractivity contribution in [1.82, 2.24) is 19.5 Å². The lowest BCUT2D eigenvalue weighted by Crippen LogP contribution is -2.38. The van der Waals surface area contributed by atoms with Gasteiger partial charge in [0.1, 0.15) is 6.61 Å². The molecule has 2 aromatic heterocycles. The van der Waals surface area contributed by atoms with Gasteiger partial charge in [-0.1, -0.05) is 18.0 Å². The number of aromatic amines is 1. The van der Waals surface area contributed by atoms with Crippen molar-refractivity contribution >= 4 is 33.0 Å². The zero-order valence-corrected chi connectivity index (χ0v) is 14.9. The van der Waals surface area contributed by atoms with Gasteiger partial charge < -0.3 is 4.74 Å². The topological polar surface area (TPSA) is 88.2 Å². The molecule has 1 N–H and O–H groups in total. The number of thiophene rings is 1. The standard InChI is InChI=1S/C13H17ClN4O3S2/c1-21-8-11-15-12(17-16-11)10-4-2-3-6-18(10)23(19,20)13-9(14)5-7-22-13/h5,7,10H,2-4,6,8H2,1H3,(H,15,16,17). The molecule has 1 fully saturated rings. The van der Waals surface area contributed by atoms with Crippen molar-refractivity contribution in [1.29, 1.82) is 0 Å². The first-order valence-corrected chi connectivity index (χ1v) is 9.88. The first-order valence-electron chi connectivity index (χ1n) is 7.19. The Bertz CT molecular complexity index is 774. The van der Waals surface area contributed by atoms with Crippen LogP contribution in [0.1, 0.15) is 37.0 Å². The monoisotopic (exact) mass is 376 g/mol. The normalized spacial score (nSPS) is 20.0. The average Bonchev–Trinajstić information content (AvgIpc) is 3.17. The van der Waals surface area contributed by atoms with Crippen LogP contribution in [0.25, 0.3) is 0 Å². The Kier molecular flexibility index (Phi) is 5.02. The Morgan fingerprint density at radius 1 is 1.52 bits per heavy atom. The van der Waals surface area contributed by atoms with Crippen molar-refractivity contribution < 1.29 is 13.2 Å². The second-order valence-electron chi connectivity index (χ2n) is 5.26. The molecule has 0 spiro atoms. The lowest BCUT2D eigenvalue weighted by Gasteiger charge is -2.32. The number of aromatic nitrogens is 3. The summed E-state index contributed by atoms with van der Waals surface area (Å²) in [5, 5.41) is 8.90. The summed E-state index contributed by atoms with van der Waals surface area (Å²) >= 11 is 7.16. The summed E-state index contributed by atoms with van der Waals surface area (Å²) in [6.07, 6.45) is 2.43. The number of piperidine rings is 1. The smallest absolute Gasteiger partial charge is 0.254 e. The molecule has 23 heavy (non-hydrogen) atoms. The average molecular weight is 377 g/mol. The Hall–Kier alpha value is -1.00. The fraction of sp³-hybridized carbons (Fsp3) is 0.538. The van der Waals surface area contributed by atoms with E-state index < -0.39 is 10.0 Å². The minimum absolute atomic E-state index is 0.179. The highest BCUT2D eigenvalue weighted by atomic mass is 35.5. The molecule has 3 rings (SSSR count). The molecule has 2 aromatic rings. The van der Waals surface area contributed by atoms with E-state index in [1.165, 1.54) is 4.31 Å². The van der Waals surface area contributed by atoms with Gasteiger partial charge in [0.25, 0.3) is 10.0 Å². The van der Waals surface area contributed by atoms with Crippen molar-refractivity contribution in [2.45, 2.75) is 36.1 Å². The molecule has 126 valence electrons. The Morgan fingerprint density at radius 3 is 3.04 bits per heavy atom. The van der Waals surface area contributed by atoms with E-state index in [0.717, 1.165) is 24.2 Å². The molecule has 3 heterocycles. The van der Waals surface area contributed by atoms with E-state index in [1.807, 2.05) is 0 Å². The van der Waals surface area contributed by atoms with Gasteiger partial charge in [-0.05, 0) is 24.3 Å². The molecular weight excluding hydrogens is 360 g/mol. The van der Waals surface area contributed by atoms with Gasteiger partial charge in [0, 0.05) is 13.7 Å². The van der Waals surface area contributed by atoms with Crippen LogP contribution < -0.4 is 0 Å². The third kappa shape index (κ3) is 3.29. The summed E-state index contributed by atoms with van der Waals surface area (Å²) in [5.41, 5.74) is 0. The molecule has 1 saturated heterocycles. The van der Waals surface area contributed by atoms with E-state index in [1.54, 1.807) is 18.6 Å². The van der Waals surface area contributed by atoms with Gasteiger partial charge in [-0.15, -0.1) is 11.3 Å². The maximum atomic E-state index is 12.9. The van der Waals surface area contributed by atoms with Gasteiger partial charge in [0.2, 0.25) is 0 Å². The number of rotatable bonds is 5. The zero-order chi connectivity index (χ0) is 16.4. The summed E-state index contributed by atoms with van der Waals surface area (Å²) in [6, 6.07) is 1.22. The van der Waals surface area contributed by atoms with Crippen molar-refractivity contribution in [3.8, 4) is 0 Å². The molecule has 0 radical (unpaired) electrons. The second-order valence-corrected chi connectivity index (χ2v) is 8.67. The number of halogens is 1. The first kappa shape index (κ1) is 16.8. The van der Waals surface area contributed by atoms with Crippen LogP contribution >= 0.6 is 22.9 Å². The predicted octanol–water partition coefficient (Wildman–Crippen LogP) is 2.58. The van der Waals surface area contributed by atoms with Crippen LogP contribution in [0.15, 0.2) is 15.7 Å². The molecule has 10 heteroatoms. The van der Waals surface area contributed by atoms with Gasteiger partial charge in [0.05, 0.1) is 11.1 Å². The predicted molar refractivity (Wildman–Crippen MR) is 86.9 cm³/mol. The van der Waals surface area contributed by atoms with Crippen molar-refractivity contribution in [2.24, 2.45) is 0 Å². The molecule has 0 amide bonds. The van der Waals surface area contributed by atoms with Gasteiger partial charge in [-0.2, -0.15) is 9.40 Å². The third-order valence-corrected chi connectivity index (χ3v) is 7.62. The number of ether oxygens (including phenoxy) is 1. The number of sulfonamides is 1. The fourth-order valence-corrected chi connectivity index (χ4v) is 6.13. The van der Waals surface area contributed by atoms with E-state index in [-0.39, 0.29) is 15.3 Å². The number of H-pyrrole nitrogens is 1. The van der Waals surface area contributed by atoms with Crippen LogP contribution in [-0.2, 0) is 21.4 Å². The van der Waals surface area contributed by atoms with Gasteiger partial charge in [0.15, 0.2) is 15.9 Å². The summed E-state index contributed by atoms with van der Waals surface area (Å²) in [4.78, 5) is 4.36. The van der Waals surface area contributed by atoms with Crippen LogP contribution in [0.4, 0.5) is 0 Å². The highest BCUT2D eigenvalue weighted by molar-refractivity contribution is 7.91. The van der Waals surface area contributed by atoms with Crippen molar-refractivity contribution in [2.75, 3.05) is 13.7 Å². The Labute approximate surface area is 143 Å². The lowest BCUT2D eigenvalue weighted by molar-refractivity contribution is 0.177. The van der Waals surface area contributed by atoms with Crippen LogP contribution in [0.2, 0.25) is 5.02 Å². The van der Waals surface area contributed by atoms with Crippen molar-refractivity contribution in [3.63, 3.8) is 0 Å². The van der Waals surface area contributed by atoms with Crippen LogP contribution in [0.3, 0.4) is 0 Å². The van der Waals surface area contributed by atoms with Crippen LogP contribution in [0.5, 0.6) is 0 Å². The highest BCUT2D eigenvalue weighted by Crippen LogP contribution is 2.37. The second kappa shape index (κ2) is 6.86. The van der Waals surface area contributed by atoms with Gasteiger partial charge in [-0.25, -0.2) is 13.4 Å². The van der Waals surface area contributed by atoms with Crippen LogP contribution in [0, 0.1) is 0 Å². The Balaban J connectivity index is 1.94. The van der Waals surface area contributed by atoms with Crippen LogP contribution in [-0.4, -0.2) is 41.6 Å². The quantitative estimate of drug-likeness (QED) is 0.866. The molecule has 0 bridgehead atoms.